The average molecular weight is 775 g/mol. The van der Waals surface area contributed by atoms with E-state index >= 15 is 0 Å². The van der Waals surface area contributed by atoms with Crippen LogP contribution in [0.1, 0.15) is 101 Å². The lowest BCUT2D eigenvalue weighted by Gasteiger charge is -2.01. The van der Waals surface area contributed by atoms with Crippen LogP contribution in [0.25, 0.3) is 0 Å². The van der Waals surface area contributed by atoms with Gasteiger partial charge in [0.05, 0.1) is 10.2 Å². The third kappa shape index (κ3) is 13.4. The van der Waals surface area contributed by atoms with Crippen LogP contribution in [0.3, 0.4) is 0 Å². The van der Waals surface area contributed by atoms with E-state index in [1.165, 1.54) is 12.3 Å². The largest absolute Gasteiger partial charge is 0.294 e. The van der Waals surface area contributed by atoms with Gasteiger partial charge in [-0.15, -0.1) is 0 Å². The zero-order valence-electron chi connectivity index (χ0n) is 27.5. The summed E-state index contributed by atoms with van der Waals surface area (Å²) in [6.07, 6.45) is 2.41. The summed E-state index contributed by atoms with van der Waals surface area (Å²) in [5, 5.41) is 0. The van der Waals surface area contributed by atoms with Gasteiger partial charge in [0.15, 0.2) is 40.6 Å². The van der Waals surface area contributed by atoms with Crippen molar-refractivity contribution in [3.63, 3.8) is 0 Å². The van der Waals surface area contributed by atoms with Crippen molar-refractivity contribution in [3.8, 4) is 0 Å². The third-order valence-corrected chi connectivity index (χ3v) is 7.19. The first-order valence-corrected chi connectivity index (χ1v) is 15.7. The van der Waals surface area contributed by atoms with E-state index in [1.54, 1.807) is 34.6 Å². The Balaban J connectivity index is 0.000000334. The Bertz CT molecular complexity index is 1710. The first kappa shape index (κ1) is 43.4. The van der Waals surface area contributed by atoms with Crippen LogP contribution in [0.15, 0.2) is 59.2 Å². The van der Waals surface area contributed by atoms with Gasteiger partial charge in [0.1, 0.15) is 29.1 Å². The lowest BCUT2D eigenvalue weighted by Crippen LogP contribution is -2.01. The lowest BCUT2D eigenvalue weighted by molar-refractivity contribution is 0.0979. The Morgan fingerprint density at radius 3 is 1.18 bits per heavy atom. The third-order valence-electron chi connectivity index (χ3n) is 6.43. The molecule has 0 aliphatic rings. The zero-order valence-corrected chi connectivity index (χ0v) is 29.1. The van der Waals surface area contributed by atoms with Gasteiger partial charge in [-0.05, 0) is 65.3 Å². The first-order valence-electron chi connectivity index (χ1n) is 14.9. The number of carbonyl (C=O) groups excluding carboxylic acids is 4. The number of hydrogen-bond acceptors (Lipinski definition) is 5. The monoisotopic (exact) mass is 773 g/mol. The second kappa shape index (κ2) is 20.8. The molecule has 50 heavy (non-hydrogen) atoms. The maximum Gasteiger partial charge on any atom is 0.194 e. The van der Waals surface area contributed by atoms with Crippen molar-refractivity contribution in [3.05, 3.63) is 134 Å². The van der Waals surface area contributed by atoms with Crippen molar-refractivity contribution < 1.29 is 54.3 Å². The summed E-state index contributed by atoms with van der Waals surface area (Å²) in [5.41, 5.74) is 0.692. The maximum atomic E-state index is 12.9. The van der Waals surface area contributed by atoms with E-state index in [-0.39, 0.29) is 57.8 Å². The Morgan fingerprint density at radius 1 is 0.500 bits per heavy atom. The molecule has 0 aliphatic heterocycles. The van der Waals surface area contributed by atoms with Crippen molar-refractivity contribution in [2.45, 2.75) is 60.3 Å². The van der Waals surface area contributed by atoms with E-state index in [0.29, 0.717) is 29.8 Å². The van der Waals surface area contributed by atoms with E-state index in [4.69, 9.17) is 0 Å². The molecule has 268 valence electrons. The van der Waals surface area contributed by atoms with Gasteiger partial charge >= 0.3 is 0 Å². The number of halogens is 9. The molecule has 14 heteroatoms. The fourth-order valence-corrected chi connectivity index (χ4v) is 3.85. The van der Waals surface area contributed by atoms with Crippen molar-refractivity contribution in [2.75, 3.05) is 0 Å². The van der Waals surface area contributed by atoms with Gasteiger partial charge in [0.2, 0.25) is 0 Å². The van der Waals surface area contributed by atoms with Crippen molar-refractivity contribution in [1.29, 1.82) is 0 Å². The molecule has 0 aliphatic carbocycles. The number of Topliss-reactive ketones (excluding diaryl/α,β-unsaturated/α-hetero) is 4. The molecule has 1 aromatic heterocycles. The zero-order chi connectivity index (χ0) is 38.3. The molecule has 0 saturated carbocycles. The molecule has 0 atom stereocenters. The van der Waals surface area contributed by atoms with Crippen LogP contribution in [0.5, 0.6) is 0 Å². The van der Waals surface area contributed by atoms with E-state index in [9.17, 15) is 54.3 Å². The topological polar surface area (TPSA) is 81.2 Å². The minimum Gasteiger partial charge on any atom is -0.294 e. The SMILES string of the molecule is CCC(=O)c1cc(F)c(Br)c(F)c1.CCC(=O)c1cc(F)c(F)c(F)c1.CCC(=O)c1cc(F)cc(F)c1.CCC(=O)c1cnc(C)c(F)c1. The molecule has 0 amide bonds. The molecule has 0 saturated heterocycles. The number of carbonyl (C=O) groups is 4. The van der Waals surface area contributed by atoms with Gasteiger partial charge in [-0.25, -0.2) is 35.1 Å². The molecule has 4 rings (SSSR count). The van der Waals surface area contributed by atoms with Crippen molar-refractivity contribution in [2.24, 2.45) is 0 Å². The Labute approximate surface area is 291 Å². The summed E-state index contributed by atoms with van der Waals surface area (Å²) in [6.45, 7) is 8.14. The van der Waals surface area contributed by atoms with E-state index in [0.717, 1.165) is 30.3 Å². The van der Waals surface area contributed by atoms with E-state index in [2.05, 4.69) is 20.9 Å². The molecule has 1 heterocycles. The molecule has 0 bridgehead atoms. The van der Waals surface area contributed by atoms with Gasteiger partial charge in [-0.1, -0.05) is 27.7 Å². The van der Waals surface area contributed by atoms with Crippen LogP contribution < -0.4 is 0 Å². The summed E-state index contributed by atoms with van der Waals surface area (Å²) < 4.78 is 101. The number of rotatable bonds is 8. The number of pyridine rings is 1. The molecular formula is C36H32BrF8NO4. The number of aryl methyl sites for hydroxylation is 1. The standard InChI is InChI=1S/C9H7BrF2O.C9H7F3O.C9H8F2O.C9H10FNO/c1-2-8(13)5-3-6(11)9(10)7(12)4-5;1-2-8(13)5-3-6(10)9(12)7(11)4-5;1-2-9(12)6-3-7(10)5-8(11)4-6;1-3-9(12)7-4-8(10)6(2)11-5-7/h2*3-4H,2H2,1H3;3-5H,2H2,1H3;4-5H,3H2,1-2H3. The molecular weight excluding hydrogens is 742 g/mol. The highest BCUT2D eigenvalue weighted by atomic mass is 79.9. The minimum absolute atomic E-state index is 0.0701. The van der Waals surface area contributed by atoms with Crippen molar-refractivity contribution in [1.82, 2.24) is 4.98 Å². The Hall–Kier alpha value is -4.59. The molecule has 0 spiro atoms. The highest BCUT2D eigenvalue weighted by molar-refractivity contribution is 9.10. The van der Waals surface area contributed by atoms with Crippen LogP contribution in [0.4, 0.5) is 35.1 Å². The smallest absolute Gasteiger partial charge is 0.194 e. The molecule has 4 aromatic rings. The summed E-state index contributed by atoms with van der Waals surface area (Å²) in [6, 6.07) is 7.50. The summed E-state index contributed by atoms with van der Waals surface area (Å²) in [7, 11) is 0. The van der Waals surface area contributed by atoms with Crippen LogP contribution in [0.2, 0.25) is 0 Å². The average Bonchev–Trinajstić information content (AvgIpc) is 3.09. The van der Waals surface area contributed by atoms with Gasteiger partial charge < -0.3 is 0 Å². The number of ketones is 4. The second-order valence-corrected chi connectivity index (χ2v) is 10.9. The molecule has 5 nitrogen and oxygen atoms in total. The van der Waals surface area contributed by atoms with Gasteiger partial charge in [0.25, 0.3) is 0 Å². The summed E-state index contributed by atoms with van der Waals surface area (Å²) >= 11 is 2.72. The quantitative estimate of drug-likeness (QED) is 0.101. The number of aromatic nitrogens is 1. The predicted molar refractivity (Wildman–Crippen MR) is 174 cm³/mol. The molecule has 0 fully saturated rings. The predicted octanol–water partition coefficient (Wildman–Crippen LogP) is 10.7. The van der Waals surface area contributed by atoms with Crippen LogP contribution in [-0.4, -0.2) is 28.1 Å². The number of nitrogens with zero attached hydrogens (tertiary/aromatic N) is 1. The molecule has 0 radical (unpaired) electrons. The van der Waals surface area contributed by atoms with E-state index < -0.39 is 52.3 Å². The van der Waals surface area contributed by atoms with Gasteiger partial charge in [0, 0.05) is 60.2 Å². The second-order valence-electron chi connectivity index (χ2n) is 10.1. The highest BCUT2D eigenvalue weighted by Crippen LogP contribution is 2.22. The van der Waals surface area contributed by atoms with Crippen LogP contribution in [-0.2, 0) is 0 Å². The molecule has 0 unspecified atom stereocenters. The van der Waals surface area contributed by atoms with Gasteiger partial charge in [-0.2, -0.15) is 0 Å². The molecule has 3 aromatic carbocycles. The number of benzene rings is 3. The minimum atomic E-state index is -1.55. The summed E-state index contributed by atoms with van der Waals surface area (Å²) in [4.78, 5) is 47.9. The lowest BCUT2D eigenvalue weighted by atomic mass is 10.1. The highest BCUT2D eigenvalue weighted by Gasteiger charge is 2.14. The van der Waals surface area contributed by atoms with Crippen LogP contribution in [0, 0.1) is 53.5 Å². The van der Waals surface area contributed by atoms with Crippen LogP contribution >= 0.6 is 15.9 Å². The maximum absolute atomic E-state index is 12.9. The Kier molecular flexibility index (Phi) is 18.1. The summed E-state index contributed by atoms with van der Waals surface area (Å²) in [5.74, 6) is -8.61. The number of hydrogen-bond donors (Lipinski definition) is 0. The van der Waals surface area contributed by atoms with Gasteiger partial charge in [-0.3, -0.25) is 24.2 Å². The first-order chi connectivity index (χ1) is 23.4. The fraction of sp³-hybridized carbons (Fsp3) is 0.250. The van der Waals surface area contributed by atoms with Crippen molar-refractivity contribution >= 4 is 39.1 Å². The van der Waals surface area contributed by atoms with E-state index in [1.807, 2.05) is 0 Å². The normalized spacial score (nSPS) is 10.0. The molecule has 0 N–H and O–H groups in total. The fourth-order valence-electron chi connectivity index (χ4n) is 3.62. The Morgan fingerprint density at radius 2 is 0.820 bits per heavy atom.